The van der Waals surface area contributed by atoms with E-state index in [2.05, 4.69) is 38.8 Å². The maximum Gasteiger partial charge on any atom is 0.245 e. The molecule has 0 spiro atoms. The molecule has 7 amide bonds. The molecular formula is C35H63N9O10. The fraction of sp³-hybridized carbons (Fsp3) is 0.714. The lowest BCUT2D eigenvalue weighted by Gasteiger charge is -2.26. The Morgan fingerprint density at radius 3 is 1.59 bits per heavy atom. The van der Waals surface area contributed by atoms with E-state index < -0.39 is 98.3 Å². The van der Waals surface area contributed by atoms with Crippen molar-refractivity contribution in [2.75, 3.05) is 19.8 Å². The Morgan fingerprint density at radius 1 is 0.574 bits per heavy atom. The molecule has 0 bridgehead atoms. The molecule has 308 valence electrons. The Labute approximate surface area is 317 Å². The third-order valence-corrected chi connectivity index (χ3v) is 8.36. The van der Waals surface area contributed by atoms with Crippen LogP contribution in [0.5, 0.6) is 0 Å². The van der Waals surface area contributed by atoms with Crippen LogP contribution in [-0.2, 0) is 38.4 Å². The number of primary amides is 1. The van der Waals surface area contributed by atoms with Gasteiger partial charge in [-0.1, -0.05) is 65.2 Å². The van der Waals surface area contributed by atoms with Gasteiger partial charge in [0, 0.05) is 31.2 Å². The molecule has 0 aromatic heterocycles. The number of ketones is 1. The lowest BCUT2D eigenvalue weighted by atomic mass is 10.1. The number of aliphatic hydroxyl groups is 2. The number of aliphatic hydroxyl groups excluding tert-OH is 2. The van der Waals surface area contributed by atoms with Gasteiger partial charge < -0.3 is 59.3 Å². The van der Waals surface area contributed by atoms with Crippen LogP contribution in [0.15, 0.2) is 11.9 Å². The van der Waals surface area contributed by atoms with Crippen molar-refractivity contribution >= 4 is 47.1 Å². The first kappa shape index (κ1) is 49.2. The van der Waals surface area contributed by atoms with E-state index in [1.807, 2.05) is 6.92 Å². The van der Waals surface area contributed by atoms with E-state index in [4.69, 9.17) is 17.2 Å². The summed E-state index contributed by atoms with van der Waals surface area (Å²) in [5.41, 5.74) is 16.5. The normalized spacial score (nSPS) is 14.0. The second-order valence-corrected chi connectivity index (χ2v) is 13.1. The molecule has 0 fully saturated rings. The van der Waals surface area contributed by atoms with Crippen molar-refractivity contribution in [1.29, 1.82) is 0 Å². The van der Waals surface area contributed by atoms with Gasteiger partial charge in [-0.25, -0.2) is 0 Å². The van der Waals surface area contributed by atoms with E-state index in [9.17, 15) is 48.6 Å². The Balaban J connectivity index is 5.63. The van der Waals surface area contributed by atoms with Gasteiger partial charge in [-0.15, -0.1) is 0 Å². The zero-order valence-corrected chi connectivity index (χ0v) is 31.9. The summed E-state index contributed by atoms with van der Waals surface area (Å²) in [6.45, 7) is 3.09. The van der Waals surface area contributed by atoms with Crippen LogP contribution in [-0.4, -0.2) is 107 Å². The standard InChI is InChI=1S/C35H63N9O10/c1-4-6-8-9-10-11-12-14-30(49)39-19-31(50)40-27(20-45)34(53)42-25(15-16-29(38)48)32(51)43-26(17-23(37)18-36)33(52)44-28(21-46)35(54)41-24(22(3)47)13-7-5-2/h18,24-28,45-46H,4-17,19-21,36-37H2,1-3H3,(H2,38,48)(H,39,49)(H,40,50)(H,41,54)(H,42,53)(H,43,51)(H,44,52)/b23-18-/t24-,25+,26-,27-,28-/m0/s1. The van der Waals surface area contributed by atoms with Crippen LogP contribution >= 0.6 is 0 Å². The van der Waals surface area contributed by atoms with Crippen LogP contribution in [0.25, 0.3) is 0 Å². The van der Waals surface area contributed by atoms with Gasteiger partial charge in [0.15, 0.2) is 5.78 Å². The minimum Gasteiger partial charge on any atom is -0.403 e. The molecule has 0 aliphatic heterocycles. The molecule has 0 aromatic rings. The minimum atomic E-state index is -1.57. The number of hydrogen-bond donors (Lipinski definition) is 11. The highest BCUT2D eigenvalue weighted by Gasteiger charge is 2.32. The van der Waals surface area contributed by atoms with Gasteiger partial charge in [-0.3, -0.25) is 38.4 Å². The highest BCUT2D eigenvalue weighted by molar-refractivity contribution is 5.97. The molecule has 5 atom stereocenters. The van der Waals surface area contributed by atoms with Crippen LogP contribution in [0.3, 0.4) is 0 Å². The minimum absolute atomic E-state index is 0.0630. The third kappa shape index (κ3) is 21.7. The maximum absolute atomic E-state index is 13.5. The van der Waals surface area contributed by atoms with Crippen molar-refractivity contribution in [1.82, 2.24) is 31.9 Å². The van der Waals surface area contributed by atoms with Crippen LogP contribution in [0, 0.1) is 0 Å². The lowest BCUT2D eigenvalue weighted by molar-refractivity contribution is -0.136. The average Bonchev–Trinajstić information content (AvgIpc) is 3.13. The van der Waals surface area contributed by atoms with Crippen molar-refractivity contribution in [3.63, 3.8) is 0 Å². The zero-order valence-electron chi connectivity index (χ0n) is 31.9. The summed E-state index contributed by atoms with van der Waals surface area (Å²) in [7, 11) is 0. The number of nitrogens with two attached hydrogens (primary N) is 3. The van der Waals surface area contributed by atoms with E-state index in [0.29, 0.717) is 19.3 Å². The average molecular weight is 770 g/mol. The van der Waals surface area contributed by atoms with Crippen molar-refractivity contribution in [3.8, 4) is 0 Å². The molecule has 19 nitrogen and oxygen atoms in total. The van der Waals surface area contributed by atoms with Crippen molar-refractivity contribution in [2.24, 2.45) is 17.2 Å². The van der Waals surface area contributed by atoms with Crippen LogP contribution < -0.4 is 49.1 Å². The van der Waals surface area contributed by atoms with Crippen LogP contribution in [0.1, 0.15) is 111 Å². The summed E-state index contributed by atoms with van der Waals surface area (Å²) < 4.78 is 0. The summed E-state index contributed by atoms with van der Waals surface area (Å²) in [6.07, 6.45) is 8.87. The van der Waals surface area contributed by atoms with Gasteiger partial charge in [0.1, 0.15) is 24.2 Å². The lowest BCUT2D eigenvalue weighted by Crippen LogP contribution is -2.60. The van der Waals surface area contributed by atoms with Gasteiger partial charge in [0.25, 0.3) is 0 Å². The molecule has 0 unspecified atom stereocenters. The maximum atomic E-state index is 13.5. The van der Waals surface area contributed by atoms with E-state index in [1.165, 1.54) is 13.3 Å². The smallest absolute Gasteiger partial charge is 0.245 e. The number of hydrogen-bond acceptors (Lipinski definition) is 12. The molecule has 0 rings (SSSR count). The SMILES string of the molecule is CCCCCCCCCC(=O)NCC(=O)N[C@@H](CO)C(=O)N[C@H](CCC(N)=O)C(=O)N[C@@H](C/C(N)=C/N)C(=O)N[C@@H](CO)C(=O)N[C@@H](CCCC)C(C)=O. The second kappa shape index (κ2) is 28.7. The van der Waals surface area contributed by atoms with Crippen LogP contribution in [0.4, 0.5) is 0 Å². The number of carbonyl (C=O) groups is 8. The van der Waals surface area contributed by atoms with Gasteiger partial charge in [0.2, 0.25) is 41.4 Å². The Bertz CT molecular complexity index is 1260. The molecule has 0 aromatic carbocycles. The highest BCUT2D eigenvalue weighted by Crippen LogP contribution is 2.09. The fourth-order valence-corrected chi connectivity index (χ4v) is 5.09. The van der Waals surface area contributed by atoms with Gasteiger partial charge >= 0.3 is 0 Å². The first-order chi connectivity index (χ1) is 25.6. The molecule has 0 aliphatic rings. The summed E-state index contributed by atoms with van der Waals surface area (Å²) in [4.78, 5) is 101. The number of nitrogens with one attached hydrogen (secondary N) is 6. The summed E-state index contributed by atoms with van der Waals surface area (Å²) in [6, 6.07) is -7.03. The van der Waals surface area contributed by atoms with E-state index in [-0.39, 0.29) is 30.2 Å². The van der Waals surface area contributed by atoms with Gasteiger partial charge in [0.05, 0.1) is 25.8 Å². The highest BCUT2D eigenvalue weighted by atomic mass is 16.3. The summed E-state index contributed by atoms with van der Waals surface area (Å²) in [5, 5.41) is 33.9. The third-order valence-electron chi connectivity index (χ3n) is 8.36. The number of rotatable bonds is 30. The molecule has 0 aliphatic carbocycles. The monoisotopic (exact) mass is 769 g/mol. The molecule has 0 saturated heterocycles. The molecule has 19 heteroatoms. The second-order valence-electron chi connectivity index (χ2n) is 13.1. The molecule has 0 radical (unpaired) electrons. The largest absolute Gasteiger partial charge is 0.403 e. The van der Waals surface area contributed by atoms with Gasteiger partial charge in [-0.05, 0) is 26.2 Å². The van der Waals surface area contributed by atoms with Crippen LogP contribution in [0.2, 0.25) is 0 Å². The van der Waals surface area contributed by atoms with Crippen molar-refractivity contribution in [3.05, 3.63) is 11.9 Å². The number of Topliss-reactive ketones (excluding diaryl/α,β-unsaturated/α-hetero) is 1. The quantitative estimate of drug-likeness (QED) is 0.0348. The van der Waals surface area contributed by atoms with Crippen molar-refractivity contribution < 1.29 is 48.6 Å². The summed E-state index contributed by atoms with van der Waals surface area (Å²) in [5.74, 6) is -6.20. The topological polar surface area (TPSA) is 327 Å². The fourth-order valence-electron chi connectivity index (χ4n) is 5.09. The van der Waals surface area contributed by atoms with Crippen molar-refractivity contribution in [2.45, 2.75) is 141 Å². The van der Waals surface area contributed by atoms with E-state index in [0.717, 1.165) is 44.7 Å². The number of amides is 7. The molecule has 0 saturated carbocycles. The molecule has 0 heterocycles. The first-order valence-electron chi connectivity index (χ1n) is 18.6. The zero-order chi connectivity index (χ0) is 41.1. The van der Waals surface area contributed by atoms with Gasteiger partial charge in [-0.2, -0.15) is 0 Å². The first-order valence-corrected chi connectivity index (χ1v) is 18.6. The molecule has 54 heavy (non-hydrogen) atoms. The Kier molecular flexibility index (Phi) is 26.1. The predicted octanol–water partition coefficient (Wildman–Crippen LogP) is -2.15. The Hall–Kier alpha value is -4.78. The molecular weight excluding hydrogens is 706 g/mol. The number of carbonyl (C=O) groups excluding carboxylic acids is 8. The predicted molar refractivity (Wildman–Crippen MR) is 199 cm³/mol. The number of unbranched alkanes of at least 4 members (excludes halogenated alkanes) is 7. The van der Waals surface area contributed by atoms with E-state index >= 15 is 0 Å². The molecule has 14 N–H and O–H groups in total. The Morgan fingerprint density at radius 2 is 1.06 bits per heavy atom. The summed E-state index contributed by atoms with van der Waals surface area (Å²) >= 11 is 0. The van der Waals surface area contributed by atoms with E-state index in [1.54, 1.807) is 0 Å².